The molecule has 0 saturated heterocycles. The molecule has 258 valence electrons. The molecule has 6 nitrogen and oxygen atoms in total. The summed E-state index contributed by atoms with van der Waals surface area (Å²) in [6, 6.07) is 45.7. The van der Waals surface area contributed by atoms with Gasteiger partial charge < -0.3 is 13.3 Å². The van der Waals surface area contributed by atoms with Crippen molar-refractivity contribution in [3.8, 4) is 33.9 Å². The van der Waals surface area contributed by atoms with Gasteiger partial charge in [-0.1, -0.05) is 103 Å². The molecule has 0 bridgehead atoms. The molecule has 0 unspecified atom stereocenters. The highest BCUT2D eigenvalue weighted by molar-refractivity contribution is 6.21. The minimum absolute atomic E-state index is 0.575. The van der Waals surface area contributed by atoms with E-state index in [0.29, 0.717) is 17.5 Å². The standard InChI is InChI=1S/C49H29N3O3/c1-2-12-28(13-3-1)47-50-48(35-19-11-23-41-44(35)33-16-6-8-20-38(33)53-41)52-49(51-47)36-25-24-32(46-45(36)34-17-7-9-21-39(34)55-46)31-18-10-22-40-43(31)37-26-29-14-4-5-15-30(29)27-42(37)54-40/h2,4-27H,1,3H2. The Bertz CT molecular complexity index is 3450. The minimum Gasteiger partial charge on any atom is -0.456 e. The van der Waals surface area contributed by atoms with Crippen LogP contribution in [0.4, 0.5) is 0 Å². The molecule has 12 rings (SSSR count). The van der Waals surface area contributed by atoms with Crippen LogP contribution in [0, 0.1) is 0 Å². The van der Waals surface area contributed by atoms with Gasteiger partial charge in [0.1, 0.15) is 33.5 Å². The smallest absolute Gasteiger partial charge is 0.164 e. The first-order chi connectivity index (χ1) is 27.2. The van der Waals surface area contributed by atoms with E-state index in [2.05, 4.69) is 103 Å². The van der Waals surface area contributed by atoms with Gasteiger partial charge in [0, 0.05) is 54.6 Å². The average molecular weight is 708 g/mol. The Morgan fingerprint density at radius 3 is 1.75 bits per heavy atom. The number of furan rings is 3. The number of aromatic nitrogens is 3. The molecule has 0 aliphatic heterocycles. The summed E-state index contributed by atoms with van der Waals surface area (Å²) in [5, 5.41) is 8.39. The van der Waals surface area contributed by atoms with Gasteiger partial charge in [0.15, 0.2) is 17.5 Å². The predicted molar refractivity (Wildman–Crippen MR) is 222 cm³/mol. The highest BCUT2D eigenvalue weighted by atomic mass is 16.3. The van der Waals surface area contributed by atoms with Crippen molar-refractivity contribution in [3.63, 3.8) is 0 Å². The maximum absolute atomic E-state index is 6.83. The molecule has 7 aromatic carbocycles. The lowest BCUT2D eigenvalue weighted by Gasteiger charge is -2.13. The summed E-state index contributed by atoms with van der Waals surface area (Å²) in [6.07, 6.45) is 8.43. The molecule has 0 saturated carbocycles. The minimum atomic E-state index is 0.575. The van der Waals surface area contributed by atoms with E-state index in [0.717, 1.165) is 112 Å². The number of allylic oxidation sites excluding steroid dienone is 4. The molecule has 0 N–H and O–H groups in total. The van der Waals surface area contributed by atoms with Crippen LogP contribution in [0.3, 0.4) is 0 Å². The first-order valence-corrected chi connectivity index (χ1v) is 18.6. The SMILES string of the molecule is C1=CC(c2nc(-c3cccc4oc5ccccc5c34)nc(-c3ccc(-c4cccc5oc6cc7ccccc7cc6c45)c4oc5ccccc5c34)n2)=CCC1. The third-order valence-electron chi connectivity index (χ3n) is 11.0. The van der Waals surface area contributed by atoms with E-state index < -0.39 is 0 Å². The zero-order chi connectivity index (χ0) is 36.0. The second-order valence-corrected chi connectivity index (χ2v) is 14.2. The largest absolute Gasteiger partial charge is 0.456 e. The van der Waals surface area contributed by atoms with Gasteiger partial charge in [0.05, 0.1) is 0 Å². The molecule has 0 atom stereocenters. The van der Waals surface area contributed by atoms with Gasteiger partial charge in [-0.15, -0.1) is 0 Å². The number of hydrogen-bond acceptors (Lipinski definition) is 6. The van der Waals surface area contributed by atoms with Gasteiger partial charge in [-0.05, 0) is 77.7 Å². The first-order valence-electron chi connectivity index (χ1n) is 18.6. The lowest BCUT2D eigenvalue weighted by atomic mass is 9.94. The Kier molecular flexibility index (Phi) is 6.36. The molecule has 6 heteroatoms. The van der Waals surface area contributed by atoms with Crippen molar-refractivity contribution in [1.82, 2.24) is 15.0 Å². The average Bonchev–Trinajstić information content (AvgIpc) is 3.94. The van der Waals surface area contributed by atoms with Crippen molar-refractivity contribution in [2.45, 2.75) is 12.8 Å². The molecule has 4 heterocycles. The van der Waals surface area contributed by atoms with Crippen LogP contribution < -0.4 is 0 Å². The van der Waals surface area contributed by atoms with E-state index in [1.807, 2.05) is 48.5 Å². The van der Waals surface area contributed by atoms with Gasteiger partial charge in [-0.2, -0.15) is 0 Å². The van der Waals surface area contributed by atoms with Crippen molar-refractivity contribution in [2.24, 2.45) is 0 Å². The summed E-state index contributed by atoms with van der Waals surface area (Å²) in [6.45, 7) is 0. The summed E-state index contributed by atoms with van der Waals surface area (Å²) in [4.78, 5) is 15.6. The zero-order valence-corrected chi connectivity index (χ0v) is 29.4. The molecule has 0 radical (unpaired) electrons. The Morgan fingerprint density at radius 2 is 0.982 bits per heavy atom. The van der Waals surface area contributed by atoms with Gasteiger partial charge in [0.25, 0.3) is 0 Å². The fourth-order valence-electron chi connectivity index (χ4n) is 8.45. The molecule has 0 amide bonds. The summed E-state index contributed by atoms with van der Waals surface area (Å²) in [5.41, 5.74) is 9.62. The quantitative estimate of drug-likeness (QED) is 0.181. The molecule has 0 spiro atoms. The Morgan fingerprint density at radius 1 is 0.400 bits per heavy atom. The third-order valence-corrected chi connectivity index (χ3v) is 11.0. The maximum atomic E-state index is 6.83. The van der Waals surface area contributed by atoms with E-state index in [-0.39, 0.29) is 0 Å². The Hall–Kier alpha value is -7.31. The second-order valence-electron chi connectivity index (χ2n) is 14.2. The number of para-hydroxylation sites is 2. The summed E-state index contributed by atoms with van der Waals surface area (Å²) < 4.78 is 19.6. The van der Waals surface area contributed by atoms with Crippen LogP contribution in [0.15, 0.2) is 165 Å². The van der Waals surface area contributed by atoms with E-state index in [1.165, 1.54) is 5.39 Å². The highest BCUT2D eigenvalue weighted by Crippen LogP contribution is 2.45. The van der Waals surface area contributed by atoms with Gasteiger partial charge >= 0.3 is 0 Å². The Balaban J connectivity index is 1.14. The van der Waals surface area contributed by atoms with Crippen molar-refractivity contribution < 1.29 is 13.3 Å². The summed E-state index contributed by atoms with van der Waals surface area (Å²) in [7, 11) is 0. The maximum Gasteiger partial charge on any atom is 0.164 e. The predicted octanol–water partition coefficient (Wildman–Crippen LogP) is 13.5. The summed E-state index contributed by atoms with van der Waals surface area (Å²) in [5.74, 6) is 1.79. The highest BCUT2D eigenvalue weighted by Gasteiger charge is 2.24. The van der Waals surface area contributed by atoms with Gasteiger partial charge in [-0.25, -0.2) is 15.0 Å². The molecular formula is C49H29N3O3. The molecule has 1 aliphatic rings. The third kappa shape index (κ3) is 4.58. The van der Waals surface area contributed by atoms with Crippen LogP contribution in [0.5, 0.6) is 0 Å². The van der Waals surface area contributed by atoms with Crippen molar-refractivity contribution >= 4 is 82.2 Å². The van der Waals surface area contributed by atoms with Crippen molar-refractivity contribution in [2.75, 3.05) is 0 Å². The zero-order valence-electron chi connectivity index (χ0n) is 29.4. The second kappa shape index (κ2) is 11.6. The van der Waals surface area contributed by atoms with Crippen LogP contribution in [0.2, 0.25) is 0 Å². The van der Waals surface area contributed by atoms with Gasteiger partial charge in [-0.3, -0.25) is 0 Å². The van der Waals surface area contributed by atoms with Crippen molar-refractivity contribution in [1.29, 1.82) is 0 Å². The van der Waals surface area contributed by atoms with E-state index in [9.17, 15) is 0 Å². The number of rotatable bonds is 4. The van der Waals surface area contributed by atoms with Crippen LogP contribution >= 0.6 is 0 Å². The van der Waals surface area contributed by atoms with Crippen molar-refractivity contribution in [3.05, 3.63) is 158 Å². The molecule has 4 aromatic heterocycles. The summed E-state index contributed by atoms with van der Waals surface area (Å²) >= 11 is 0. The first kappa shape index (κ1) is 30.2. The topological polar surface area (TPSA) is 78.1 Å². The normalized spacial score (nSPS) is 13.3. The van der Waals surface area contributed by atoms with Crippen LogP contribution in [-0.2, 0) is 0 Å². The number of fused-ring (bicyclic) bond motifs is 10. The van der Waals surface area contributed by atoms with Crippen LogP contribution in [0.25, 0.3) is 116 Å². The molecule has 1 aliphatic carbocycles. The molecular weight excluding hydrogens is 679 g/mol. The Labute approximate surface area is 313 Å². The van der Waals surface area contributed by atoms with Crippen LogP contribution in [0.1, 0.15) is 18.7 Å². The molecule has 0 fully saturated rings. The number of hydrogen-bond donors (Lipinski definition) is 0. The molecule has 55 heavy (non-hydrogen) atoms. The van der Waals surface area contributed by atoms with E-state index >= 15 is 0 Å². The van der Waals surface area contributed by atoms with Gasteiger partial charge in [0.2, 0.25) is 0 Å². The van der Waals surface area contributed by atoms with E-state index in [4.69, 9.17) is 28.2 Å². The lowest BCUT2D eigenvalue weighted by molar-refractivity contribution is 0.668. The monoisotopic (exact) mass is 707 g/mol. The number of nitrogens with zero attached hydrogens (tertiary/aromatic N) is 3. The fourth-order valence-corrected chi connectivity index (χ4v) is 8.45. The lowest BCUT2D eigenvalue weighted by Crippen LogP contribution is -2.03. The number of benzene rings is 7. The van der Waals surface area contributed by atoms with Crippen LogP contribution in [-0.4, -0.2) is 15.0 Å². The van der Waals surface area contributed by atoms with E-state index in [1.54, 1.807) is 0 Å². The fraction of sp³-hybridized carbons (Fsp3) is 0.0408. The molecule has 11 aromatic rings.